The molecule has 7 heteroatoms. The third-order valence-corrected chi connectivity index (χ3v) is 5.61. The van der Waals surface area contributed by atoms with E-state index >= 15 is 0 Å². The van der Waals surface area contributed by atoms with Crippen LogP contribution < -0.4 is 5.32 Å². The molecule has 0 aliphatic carbocycles. The van der Waals surface area contributed by atoms with Gasteiger partial charge in [-0.1, -0.05) is 60.7 Å². The monoisotopic (exact) mass is 452 g/mol. The van der Waals surface area contributed by atoms with E-state index in [1.807, 2.05) is 54.6 Å². The molecule has 4 rings (SSSR count). The van der Waals surface area contributed by atoms with Crippen LogP contribution >= 0.6 is 0 Å². The number of carbonyl (C=O) groups excluding carboxylic acids is 1. The van der Waals surface area contributed by atoms with E-state index < -0.39 is 23.8 Å². The first-order valence-corrected chi connectivity index (χ1v) is 10.5. The molecule has 3 aromatic carbocycles. The molecule has 0 radical (unpaired) electrons. The number of esters is 1. The quantitative estimate of drug-likeness (QED) is 0.350. The van der Waals surface area contributed by atoms with E-state index in [0.717, 1.165) is 39.9 Å². The van der Waals surface area contributed by atoms with Crippen LogP contribution in [0.15, 0.2) is 78.9 Å². The van der Waals surface area contributed by atoms with Crippen LogP contribution in [0.4, 0.5) is 13.2 Å². The zero-order chi connectivity index (χ0) is 23.4. The number of rotatable bonds is 7. The third-order valence-electron chi connectivity index (χ3n) is 5.61. The highest BCUT2D eigenvalue weighted by molar-refractivity contribution is 5.89. The Morgan fingerprint density at radius 1 is 0.970 bits per heavy atom. The van der Waals surface area contributed by atoms with E-state index in [1.165, 1.54) is 19.2 Å². The smallest absolute Gasteiger partial charge is 0.416 e. The second kappa shape index (κ2) is 9.50. The van der Waals surface area contributed by atoms with Crippen molar-refractivity contribution in [3.8, 4) is 0 Å². The van der Waals surface area contributed by atoms with E-state index in [-0.39, 0.29) is 6.42 Å². The van der Waals surface area contributed by atoms with Gasteiger partial charge in [0.2, 0.25) is 0 Å². The van der Waals surface area contributed by atoms with Gasteiger partial charge in [0, 0.05) is 23.1 Å². The Morgan fingerprint density at radius 2 is 1.64 bits per heavy atom. The minimum Gasteiger partial charge on any atom is -0.469 e. The summed E-state index contributed by atoms with van der Waals surface area (Å²) in [6.45, 7) is 0.486. The number of hydrogen-bond acceptors (Lipinski definition) is 3. The zero-order valence-corrected chi connectivity index (χ0v) is 17.9. The van der Waals surface area contributed by atoms with Crippen LogP contribution in [0.2, 0.25) is 0 Å². The highest BCUT2D eigenvalue weighted by Crippen LogP contribution is 2.34. The Hall–Kier alpha value is -3.58. The van der Waals surface area contributed by atoms with Gasteiger partial charge in [-0.25, -0.2) is 0 Å². The predicted octanol–water partition coefficient (Wildman–Crippen LogP) is 5.78. The number of fused-ring (bicyclic) bond motifs is 1. The van der Waals surface area contributed by atoms with Gasteiger partial charge < -0.3 is 15.0 Å². The molecular weight excluding hydrogens is 429 g/mol. The molecule has 0 fully saturated rings. The molecule has 0 aliphatic heterocycles. The SMILES string of the molecule is COC(=O)Cc1c(C(NCc2ccccc2)c2ccc(C(F)(F)F)cc2)[nH]c2ccccc12. The van der Waals surface area contributed by atoms with E-state index in [9.17, 15) is 18.0 Å². The van der Waals surface area contributed by atoms with Crippen LogP contribution in [0.25, 0.3) is 10.9 Å². The van der Waals surface area contributed by atoms with Crippen molar-refractivity contribution in [1.82, 2.24) is 10.3 Å². The lowest BCUT2D eigenvalue weighted by molar-refractivity contribution is -0.140. The van der Waals surface area contributed by atoms with Crippen LogP contribution in [-0.2, 0) is 28.7 Å². The van der Waals surface area contributed by atoms with Crippen molar-refractivity contribution in [1.29, 1.82) is 0 Å². The van der Waals surface area contributed by atoms with Gasteiger partial charge in [-0.3, -0.25) is 4.79 Å². The summed E-state index contributed by atoms with van der Waals surface area (Å²) in [5, 5.41) is 4.33. The maximum atomic E-state index is 13.1. The summed E-state index contributed by atoms with van der Waals surface area (Å²) in [6, 6.07) is 21.9. The molecule has 0 saturated carbocycles. The average Bonchev–Trinajstić information content (AvgIpc) is 3.17. The lowest BCUT2D eigenvalue weighted by Gasteiger charge is -2.21. The van der Waals surface area contributed by atoms with Gasteiger partial charge in [0.05, 0.1) is 25.1 Å². The molecule has 0 bridgehead atoms. The summed E-state index contributed by atoms with van der Waals surface area (Å²) in [4.78, 5) is 15.6. The first kappa shape index (κ1) is 22.6. The molecule has 1 unspecified atom stereocenters. The first-order valence-electron chi connectivity index (χ1n) is 10.5. The van der Waals surface area contributed by atoms with Crippen LogP contribution in [0, 0.1) is 0 Å². The summed E-state index contributed by atoms with van der Waals surface area (Å²) in [6.07, 6.45) is -4.37. The minimum atomic E-state index is -4.41. The number of benzene rings is 3. The van der Waals surface area contributed by atoms with E-state index in [4.69, 9.17) is 4.74 Å². The molecule has 4 aromatic rings. The van der Waals surface area contributed by atoms with Gasteiger partial charge in [-0.05, 0) is 34.9 Å². The number of nitrogens with one attached hydrogen (secondary N) is 2. The Labute approximate surface area is 189 Å². The number of aromatic amines is 1. The number of para-hydroxylation sites is 1. The van der Waals surface area contributed by atoms with E-state index in [1.54, 1.807) is 0 Å². The van der Waals surface area contributed by atoms with Crippen molar-refractivity contribution in [3.63, 3.8) is 0 Å². The van der Waals surface area contributed by atoms with Gasteiger partial charge in [0.1, 0.15) is 0 Å². The Bertz CT molecular complexity index is 1230. The molecule has 4 nitrogen and oxygen atoms in total. The maximum Gasteiger partial charge on any atom is 0.416 e. The number of ether oxygens (including phenoxy) is 1. The van der Waals surface area contributed by atoms with Crippen LogP contribution in [0.5, 0.6) is 0 Å². The van der Waals surface area contributed by atoms with E-state index in [0.29, 0.717) is 12.1 Å². The van der Waals surface area contributed by atoms with Crippen molar-refractivity contribution in [2.75, 3.05) is 7.11 Å². The van der Waals surface area contributed by atoms with Crippen molar-refractivity contribution in [2.24, 2.45) is 0 Å². The highest BCUT2D eigenvalue weighted by atomic mass is 19.4. The maximum absolute atomic E-state index is 13.1. The molecule has 0 amide bonds. The van der Waals surface area contributed by atoms with Crippen molar-refractivity contribution < 1.29 is 22.7 Å². The summed E-state index contributed by atoms with van der Waals surface area (Å²) >= 11 is 0. The van der Waals surface area contributed by atoms with Crippen molar-refractivity contribution >= 4 is 16.9 Å². The number of hydrogen-bond donors (Lipinski definition) is 2. The first-order chi connectivity index (χ1) is 15.9. The summed E-state index contributed by atoms with van der Waals surface area (Å²) in [5.74, 6) is -0.393. The number of carbonyl (C=O) groups is 1. The summed E-state index contributed by atoms with van der Waals surface area (Å²) in [7, 11) is 1.33. The van der Waals surface area contributed by atoms with Gasteiger partial charge in [-0.2, -0.15) is 13.2 Å². The van der Waals surface area contributed by atoms with Gasteiger partial charge in [0.25, 0.3) is 0 Å². The van der Waals surface area contributed by atoms with Crippen molar-refractivity contribution in [2.45, 2.75) is 25.2 Å². The zero-order valence-electron chi connectivity index (χ0n) is 17.9. The van der Waals surface area contributed by atoms with Crippen molar-refractivity contribution in [3.05, 3.63) is 107 Å². The molecule has 0 saturated heterocycles. The fraction of sp³-hybridized carbons (Fsp3) is 0.192. The summed E-state index contributed by atoms with van der Waals surface area (Å²) in [5.41, 5.74) is 3.28. The number of methoxy groups -OCH3 is 1. The predicted molar refractivity (Wildman–Crippen MR) is 121 cm³/mol. The highest BCUT2D eigenvalue weighted by Gasteiger charge is 2.31. The van der Waals surface area contributed by atoms with E-state index in [2.05, 4.69) is 10.3 Å². The topological polar surface area (TPSA) is 54.1 Å². The molecule has 0 spiro atoms. The number of H-pyrrole nitrogens is 1. The normalized spacial score (nSPS) is 12.6. The molecule has 1 atom stereocenters. The molecule has 1 aromatic heterocycles. The molecule has 2 N–H and O–H groups in total. The molecule has 0 aliphatic rings. The Balaban J connectivity index is 1.79. The van der Waals surface area contributed by atoms with Crippen LogP contribution in [0.1, 0.15) is 34.0 Å². The summed E-state index contributed by atoms with van der Waals surface area (Å²) < 4.78 is 44.3. The van der Waals surface area contributed by atoms with Gasteiger partial charge in [-0.15, -0.1) is 0 Å². The fourth-order valence-corrected chi connectivity index (χ4v) is 3.94. The largest absolute Gasteiger partial charge is 0.469 e. The standard InChI is InChI=1S/C26H23F3N2O2/c1-33-23(32)15-21-20-9-5-6-10-22(20)31-25(21)24(30-16-17-7-3-2-4-8-17)18-11-13-19(14-12-18)26(27,28)29/h2-14,24,30-31H,15-16H2,1H3. The molecule has 1 heterocycles. The molecule has 33 heavy (non-hydrogen) atoms. The number of alkyl halides is 3. The van der Waals surface area contributed by atoms with Gasteiger partial charge >= 0.3 is 12.1 Å². The van der Waals surface area contributed by atoms with Crippen LogP contribution in [-0.4, -0.2) is 18.1 Å². The fourth-order valence-electron chi connectivity index (χ4n) is 3.94. The number of halogens is 3. The average molecular weight is 452 g/mol. The van der Waals surface area contributed by atoms with Crippen LogP contribution in [0.3, 0.4) is 0 Å². The molecular formula is C26H23F3N2O2. The Kier molecular flexibility index (Phi) is 6.51. The Morgan fingerprint density at radius 3 is 2.30 bits per heavy atom. The second-order valence-corrected chi connectivity index (χ2v) is 7.74. The number of aromatic nitrogens is 1. The lowest BCUT2D eigenvalue weighted by Crippen LogP contribution is -2.24. The lowest BCUT2D eigenvalue weighted by atomic mass is 9.96. The molecule has 170 valence electrons. The second-order valence-electron chi connectivity index (χ2n) is 7.74. The third kappa shape index (κ3) is 5.09. The van der Waals surface area contributed by atoms with Gasteiger partial charge in [0.15, 0.2) is 0 Å². The minimum absolute atomic E-state index is 0.0417.